The van der Waals surface area contributed by atoms with Crippen molar-refractivity contribution < 1.29 is 5.11 Å². The lowest BCUT2D eigenvalue weighted by Gasteiger charge is -2.33. The van der Waals surface area contributed by atoms with E-state index in [2.05, 4.69) is 79.2 Å². The van der Waals surface area contributed by atoms with Crippen molar-refractivity contribution in [1.82, 2.24) is 10.2 Å². The van der Waals surface area contributed by atoms with E-state index in [0.29, 0.717) is 6.04 Å². The van der Waals surface area contributed by atoms with Gasteiger partial charge in [0.05, 0.1) is 6.10 Å². The van der Waals surface area contributed by atoms with Crippen LogP contribution in [0.3, 0.4) is 0 Å². The third-order valence-electron chi connectivity index (χ3n) is 6.66. The number of likely N-dealkylation sites (tertiary alicyclic amines) is 1. The van der Waals surface area contributed by atoms with Crippen molar-refractivity contribution in [3.63, 3.8) is 0 Å². The standard InChI is InChI=1S/C27H40N2OS/c1-21-6-7-24(19-22(21)2)8-11-26(30)20-29-17-14-25(15-18-29)28-16-4-3-5-23-9-12-27(31)13-10-23/h6-7,9-10,12-13,19,25-26,28,30-31H,3-5,8,11,14-18,20H2,1-2H3. The van der Waals surface area contributed by atoms with Crippen molar-refractivity contribution in [3.8, 4) is 0 Å². The summed E-state index contributed by atoms with van der Waals surface area (Å²) in [7, 11) is 0. The molecule has 2 aromatic rings. The Morgan fingerprint density at radius 3 is 2.39 bits per heavy atom. The van der Waals surface area contributed by atoms with Crippen LogP contribution in [0, 0.1) is 13.8 Å². The van der Waals surface area contributed by atoms with Crippen LogP contribution in [0.4, 0.5) is 0 Å². The van der Waals surface area contributed by atoms with Crippen LogP contribution in [0.25, 0.3) is 0 Å². The second-order valence-corrected chi connectivity index (χ2v) is 9.78. The topological polar surface area (TPSA) is 35.5 Å². The largest absolute Gasteiger partial charge is 0.392 e. The Kier molecular flexibility index (Phi) is 9.92. The number of aryl methyl sites for hydroxylation is 4. The van der Waals surface area contributed by atoms with E-state index in [0.717, 1.165) is 50.3 Å². The van der Waals surface area contributed by atoms with Gasteiger partial charge in [-0.05, 0) is 113 Å². The molecule has 4 heteroatoms. The first-order valence-electron chi connectivity index (χ1n) is 12.0. The predicted molar refractivity (Wildman–Crippen MR) is 134 cm³/mol. The third-order valence-corrected chi connectivity index (χ3v) is 6.95. The Morgan fingerprint density at radius 1 is 0.968 bits per heavy atom. The van der Waals surface area contributed by atoms with Gasteiger partial charge in [-0.3, -0.25) is 0 Å². The fourth-order valence-corrected chi connectivity index (χ4v) is 4.57. The zero-order valence-electron chi connectivity index (χ0n) is 19.3. The number of hydrogen-bond acceptors (Lipinski definition) is 4. The molecule has 1 atom stereocenters. The van der Waals surface area contributed by atoms with Crippen molar-refractivity contribution in [2.45, 2.75) is 75.8 Å². The van der Waals surface area contributed by atoms with Gasteiger partial charge in [0.15, 0.2) is 0 Å². The molecule has 2 N–H and O–H groups in total. The molecule has 0 aliphatic carbocycles. The van der Waals surface area contributed by atoms with Crippen molar-refractivity contribution in [3.05, 3.63) is 64.7 Å². The fraction of sp³-hybridized carbons (Fsp3) is 0.556. The van der Waals surface area contributed by atoms with E-state index in [1.165, 1.54) is 47.9 Å². The highest BCUT2D eigenvalue weighted by atomic mass is 32.1. The molecular formula is C27H40N2OS. The molecule has 1 aliphatic rings. The Bertz CT molecular complexity index is 784. The third kappa shape index (κ3) is 8.61. The lowest BCUT2D eigenvalue weighted by Crippen LogP contribution is -2.45. The first-order chi connectivity index (χ1) is 15.0. The lowest BCUT2D eigenvalue weighted by molar-refractivity contribution is 0.0885. The smallest absolute Gasteiger partial charge is 0.0670 e. The minimum atomic E-state index is -0.234. The van der Waals surface area contributed by atoms with Crippen molar-refractivity contribution in [1.29, 1.82) is 0 Å². The average Bonchev–Trinajstić information content (AvgIpc) is 2.77. The highest BCUT2D eigenvalue weighted by Crippen LogP contribution is 2.15. The second kappa shape index (κ2) is 12.6. The number of thiol groups is 1. The highest BCUT2D eigenvalue weighted by Gasteiger charge is 2.20. The summed E-state index contributed by atoms with van der Waals surface area (Å²) in [6, 6.07) is 15.8. The van der Waals surface area contributed by atoms with E-state index in [1.54, 1.807) is 0 Å². The molecule has 0 aromatic heterocycles. The molecule has 3 rings (SSSR count). The predicted octanol–water partition coefficient (Wildman–Crippen LogP) is 4.96. The van der Waals surface area contributed by atoms with Gasteiger partial charge in [-0.1, -0.05) is 30.3 Å². The summed E-state index contributed by atoms with van der Waals surface area (Å²) in [5, 5.41) is 14.2. The van der Waals surface area contributed by atoms with Gasteiger partial charge in [0, 0.05) is 17.5 Å². The van der Waals surface area contributed by atoms with Gasteiger partial charge >= 0.3 is 0 Å². The minimum absolute atomic E-state index is 0.234. The summed E-state index contributed by atoms with van der Waals surface area (Å²) in [4.78, 5) is 3.47. The van der Waals surface area contributed by atoms with E-state index in [9.17, 15) is 5.11 Å². The number of aliphatic hydroxyl groups excluding tert-OH is 1. The normalized spacial score (nSPS) is 16.5. The number of rotatable bonds is 11. The van der Waals surface area contributed by atoms with Crippen LogP contribution in [0.5, 0.6) is 0 Å². The Labute approximate surface area is 194 Å². The van der Waals surface area contributed by atoms with Crippen LogP contribution < -0.4 is 5.32 Å². The van der Waals surface area contributed by atoms with Crippen molar-refractivity contribution in [2.24, 2.45) is 0 Å². The molecule has 2 aromatic carbocycles. The molecule has 170 valence electrons. The molecule has 0 bridgehead atoms. The van der Waals surface area contributed by atoms with E-state index in [1.807, 2.05) is 0 Å². The average molecular weight is 441 g/mol. The Hall–Kier alpha value is -1.33. The maximum absolute atomic E-state index is 10.5. The van der Waals surface area contributed by atoms with E-state index in [4.69, 9.17) is 0 Å². The summed E-state index contributed by atoms with van der Waals surface area (Å²) >= 11 is 4.34. The first-order valence-corrected chi connectivity index (χ1v) is 12.4. The molecule has 0 saturated carbocycles. The molecule has 1 fully saturated rings. The second-order valence-electron chi connectivity index (χ2n) is 9.26. The number of piperidine rings is 1. The van der Waals surface area contributed by atoms with Gasteiger partial charge in [0.1, 0.15) is 0 Å². The van der Waals surface area contributed by atoms with Crippen LogP contribution >= 0.6 is 12.6 Å². The van der Waals surface area contributed by atoms with Gasteiger partial charge in [0.25, 0.3) is 0 Å². The van der Waals surface area contributed by atoms with E-state index >= 15 is 0 Å². The maximum atomic E-state index is 10.5. The number of nitrogens with one attached hydrogen (secondary N) is 1. The Balaban J connectivity index is 1.24. The number of hydrogen-bond donors (Lipinski definition) is 3. The maximum Gasteiger partial charge on any atom is 0.0670 e. The zero-order valence-corrected chi connectivity index (χ0v) is 20.2. The summed E-state index contributed by atoms with van der Waals surface area (Å²) in [6.07, 6.45) is 7.54. The van der Waals surface area contributed by atoms with Gasteiger partial charge in [0.2, 0.25) is 0 Å². The summed E-state index contributed by atoms with van der Waals surface area (Å²) in [5.41, 5.74) is 5.42. The molecule has 1 saturated heterocycles. The lowest BCUT2D eigenvalue weighted by atomic mass is 10.0. The van der Waals surface area contributed by atoms with Crippen LogP contribution in [0.15, 0.2) is 47.4 Å². The SMILES string of the molecule is Cc1ccc(CCC(O)CN2CCC(NCCCCc3ccc(S)cc3)CC2)cc1C. The monoisotopic (exact) mass is 440 g/mol. The molecule has 1 unspecified atom stereocenters. The molecule has 31 heavy (non-hydrogen) atoms. The van der Waals surface area contributed by atoms with Crippen LogP contribution in [0.1, 0.15) is 54.4 Å². The van der Waals surface area contributed by atoms with Crippen LogP contribution in [-0.4, -0.2) is 48.3 Å². The fourth-order valence-electron chi connectivity index (χ4n) is 4.42. The minimum Gasteiger partial charge on any atom is -0.392 e. The van der Waals surface area contributed by atoms with Gasteiger partial charge in [-0.15, -0.1) is 12.6 Å². The summed E-state index contributed by atoms with van der Waals surface area (Å²) < 4.78 is 0. The van der Waals surface area contributed by atoms with Gasteiger partial charge in [-0.25, -0.2) is 0 Å². The molecule has 0 radical (unpaired) electrons. The quantitative estimate of drug-likeness (QED) is 0.341. The number of unbranched alkanes of at least 4 members (excludes halogenated alkanes) is 1. The highest BCUT2D eigenvalue weighted by molar-refractivity contribution is 7.80. The van der Waals surface area contributed by atoms with Crippen molar-refractivity contribution in [2.75, 3.05) is 26.2 Å². The van der Waals surface area contributed by atoms with Gasteiger partial charge < -0.3 is 15.3 Å². The molecule has 1 aliphatic heterocycles. The number of nitrogens with zero attached hydrogens (tertiary/aromatic N) is 1. The van der Waals surface area contributed by atoms with Crippen LogP contribution in [-0.2, 0) is 12.8 Å². The molecule has 0 amide bonds. The first kappa shape index (κ1) is 24.3. The molecule has 1 heterocycles. The number of β-amino-alcohol motifs (C(OH)–C–C–N with tert-alkyl or cyclic N) is 1. The van der Waals surface area contributed by atoms with E-state index in [-0.39, 0.29) is 6.10 Å². The van der Waals surface area contributed by atoms with E-state index < -0.39 is 0 Å². The zero-order chi connectivity index (χ0) is 22.1. The molecular weight excluding hydrogens is 400 g/mol. The van der Waals surface area contributed by atoms with Crippen molar-refractivity contribution >= 4 is 12.6 Å². The Morgan fingerprint density at radius 2 is 1.68 bits per heavy atom. The van der Waals surface area contributed by atoms with Gasteiger partial charge in [-0.2, -0.15) is 0 Å². The summed E-state index contributed by atoms with van der Waals surface area (Å²) in [6.45, 7) is 8.41. The van der Waals surface area contributed by atoms with Crippen LogP contribution in [0.2, 0.25) is 0 Å². The summed E-state index contributed by atoms with van der Waals surface area (Å²) in [5.74, 6) is 0. The number of benzene rings is 2. The number of aliphatic hydroxyl groups is 1. The molecule has 0 spiro atoms. The molecule has 3 nitrogen and oxygen atoms in total.